The minimum Gasteiger partial charge on any atom is -0.466 e. The number of carbonyl (C=O) groups excluding carboxylic acids is 3. The Morgan fingerprint density at radius 3 is 2.83 bits per heavy atom. The van der Waals surface area contributed by atoms with Gasteiger partial charge >= 0.3 is 5.97 Å². The average molecular weight is 456 g/mol. The topological polar surface area (TPSA) is 88.6 Å². The largest absolute Gasteiger partial charge is 0.466 e. The molecular formula is C19H19Cl2N3O4S. The zero-order valence-corrected chi connectivity index (χ0v) is 17.9. The molecule has 10 heteroatoms. The van der Waals surface area contributed by atoms with Crippen molar-refractivity contribution in [2.75, 3.05) is 25.0 Å². The molecule has 154 valence electrons. The summed E-state index contributed by atoms with van der Waals surface area (Å²) in [4.78, 5) is 42.9. The second-order valence-corrected chi connectivity index (χ2v) is 8.14. The molecule has 0 aliphatic carbocycles. The van der Waals surface area contributed by atoms with E-state index in [2.05, 4.69) is 10.3 Å². The highest BCUT2D eigenvalue weighted by atomic mass is 35.5. The molecule has 3 rings (SSSR count). The van der Waals surface area contributed by atoms with Gasteiger partial charge in [0.1, 0.15) is 5.69 Å². The van der Waals surface area contributed by atoms with Crippen LogP contribution in [0, 0.1) is 5.92 Å². The summed E-state index contributed by atoms with van der Waals surface area (Å²) in [5.74, 6) is -1.28. The van der Waals surface area contributed by atoms with Gasteiger partial charge in [-0.3, -0.25) is 19.7 Å². The summed E-state index contributed by atoms with van der Waals surface area (Å²) in [5.41, 5.74) is 0.555. The second kappa shape index (κ2) is 9.56. The molecule has 1 aliphatic rings. The third-order valence-corrected chi connectivity index (χ3v) is 5.95. The van der Waals surface area contributed by atoms with E-state index in [9.17, 15) is 14.4 Å². The number of nitrogens with zero attached hydrogens (tertiary/aromatic N) is 2. The number of benzene rings is 1. The number of piperidine rings is 1. The lowest BCUT2D eigenvalue weighted by atomic mass is 9.98. The van der Waals surface area contributed by atoms with Crippen molar-refractivity contribution in [3.05, 3.63) is 44.9 Å². The second-order valence-electron chi connectivity index (χ2n) is 6.46. The van der Waals surface area contributed by atoms with Crippen molar-refractivity contribution in [2.24, 2.45) is 5.92 Å². The fourth-order valence-corrected chi connectivity index (χ4v) is 3.99. The van der Waals surface area contributed by atoms with Gasteiger partial charge < -0.3 is 9.64 Å². The predicted octanol–water partition coefficient (Wildman–Crippen LogP) is 4.12. The minimum atomic E-state index is -0.405. The first-order valence-electron chi connectivity index (χ1n) is 9.07. The molecule has 1 atom stereocenters. The summed E-state index contributed by atoms with van der Waals surface area (Å²) in [6.07, 6.45) is 1.42. The molecule has 0 saturated carbocycles. The molecule has 1 aromatic carbocycles. The Morgan fingerprint density at radius 2 is 2.10 bits per heavy atom. The number of rotatable bonds is 5. The van der Waals surface area contributed by atoms with E-state index in [1.165, 1.54) is 12.1 Å². The first kappa shape index (κ1) is 21.5. The highest BCUT2D eigenvalue weighted by Crippen LogP contribution is 2.25. The molecule has 29 heavy (non-hydrogen) atoms. The van der Waals surface area contributed by atoms with Crippen molar-refractivity contribution in [2.45, 2.75) is 19.8 Å². The molecule has 0 radical (unpaired) electrons. The highest BCUT2D eigenvalue weighted by molar-refractivity contribution is 7.14. The third-order valence-electron chi connectivity index (χ3n) is 4.45. The predicted molar refractivity (Wildman–Crippen MR) is 112 cm³/mol. The minimum absolute atomic E-state index is 0.226. The van der Waals surface area contributed by atoms with Crippen LogP contribution in [0.5, 0.6) is 0 Å². The van der Waals surface area contributed by atoms with Gasteiger partial charge in [0.15, 0.2) is 5.13 Å². The molecule has 1 unspecified atom stereocenters. The lowest BCUT2D eigenvalue weighted by Gasteiger charge is -2.31. The van der Waals surface area contributed by atoms with Crippen LogP contribution in [0.4, 0.5) is 5.13 Å². The van der Waals surface area contributed by atoms with Gasteiger partial charge in [0.2, 0.25) is 0 Å². The molecule has 0 spiro atoms. The molecule has 1 N–H and O–H groups in total. The number of amides is 2. The SMILES string of the molecule is CCOC(=O)C1CCCN(C(=O)c2csc(NC(=O)c3ccc(Cl)c(Cl)c3)n2)C1. The molecule has 0 bridgehead atoms. The summed E-state index contributed by atoms with van der Waals surface area (Å²) >= 11 is 12.9. The number of halogens is 2. The fraction of sp³-hybridized carbons (Fsp3) is 0.368. The van der Waals surface area contributed by atoms with Gasteiger partial charge in [0, 0.05) is 24.0 Å². The van der Waals surface area contributed by atoms with Crippen LogP contribution < -0.4 is 5.32 Å². The van der Waals surface area contributed by atoms with Gasteiger partial charge in [-0.05, 0) is 38.0 Å². The van der Waals surface area contributed by atoms with Gasteiger partial charge in [0.05, 0.1) is 22.6 Å². The number of nitrogens with one attached hydrogen (secondary N) is 1. The van der Waals surface area contributed by atoms with Crippen LogP contribution in [-0.2, 0) is 9.53 Å². The number of esters is 1. The molecule has 2 heterocycles. The number of hydrogen-bond donors (Lipinski definition) is 1. The van der Waals surface area contributed by atoms with Crippen LogP contribution >= 0.6 is 34.5 Å². The number of ether oxygens (including phenoxy) is 1. The molecule has 1 fully saturated rings. The summed E-state index contributed by atoms with van der Waals surface area (Å²) in [5, 5.41) is 5.16. The van der Waals surface area contributed by atoms with Crippen LogP contribution in [-0.4, -0.2) is 47.4 Å². The lowest BCUT2D eigenvalue weighted by molar-refractivity contribution is -0.149. The van der Waals surface area contributed by atoms with E-state index in [1.807, 2.05) is 0 Å². The van der Waals surface area contributed by atoms with Crippen molar-refractivity contribution >= 4 is 57.5 Å². The molecule has 1 aromatic heterocycles. The van der Waals surface area contributed by atoms with Gasteiger partial charge in [-0.25, -0.2) is 4.98 Å². The maximum absolute atomic E-state index is 12.8. The summed E-state index contributed by atoms with van der Waals surface area (Å²) in [6.45, 7) is 2.93. The maximum Gasteiger partial charge on any atom is 0.310 e. The Morgan fingerprint density at radius 1 is 1.31 bits per heavy atom. The number of hydrogen-bond acceptors (Lipinski definition) is 6. The molecule has 2 amide bonds. The molecule has 7 nitrogen and oxygen atoms in total. The highest BCUT2D eigenvalue weighted by Gasteiger charge is 2.30. The summed E-state index contributed by atoms with van der Waals surface area (Å²) in [7, 11) is 0. The third kappa shape index (κ3) is 5.26. The van der Waals surface area contributed by atoms with Crippen molar-refractivity contribution in [3.8, 4) is 0 Å². The van der Waals surface area contributed by atoms with E-state index in [1.54, 1.807) is 23.3 Å². The van der Waals surface area contributed by atoms with Crippen molar-refractivity contribution in [1.82, 2.24) is 9.88 Å². The zero-order valence-electron chi connectivity index (χ0n) is 15.6. The normalized spacial score (nSPS) is 16.4. The Bertz CT molecular complexity index is 934. The quantitative estimate of drug-likeness (QED) is 0.684. The van der Waals surface area contributed by atoms with Crippen LogP contribution in [0.25, 0.3) is 0 Å². The van der Waals surface area contributed by atoms with Crippen molar-refractivity contribution < 1.29 is 19.1 Å². The van der Waals surface area contributed by atoms with Gasteiger partial charge in [0.25, 0.3) is 11.8 Å². The smallest absolute Gasteiger partial charge is 0.310 e. The van der Waals surface area contributed by atoms with Crippen molar-refractivity contribution in [1.29, 1.82) is 0 Å². The Kier molecular flexibility index (Phi) is 7.10. The van der Waals surface area contributed by atoms with Gasteiger partial charge in [-0.2, -0.15) is 0 Å². The number of aromatic nitrogens is 1. The maximum atomic E-state index is 12.8. The van der Waals surface area contributed by atoms with Crippen LogP contribution in [0.3, 0.4) is 0 Å². The molecule has 2 aromatic rings. The van der Waals surface area contributed by atoms with Crippen LogP contribution in [0.15, 0.2) is 23.6 Å². The van der Waals surface area contributed by atoms with Crippen LogP contribution in [0.2, 0.25) is 10.0 Å². The van der Waals surface area contributed by atoms with Crippen LogP contribution in [0.1, 0.15) is 40.6 Å². The van der Waals surface area contributed by atoms with Crippen molar-refractivity contribution in [3.63, 3.8) is 0 Å². The van der Waals surface area contributed by atoms with E-state index in [4.69, 9.17) is 27.9 Å². The Labute approximate surface area is 182 Å². The standard InChI is InChI=1S/C19H19Cl2N3O4S/c1-2-28-18(27)12-4-3-7-24(9-12)17(26)15-10-29-19(22-15)23-16(25)11-5-6-13(20)14(21)8-11/h5-6,8,10,12H,2-4,7,9H2,1H3,(H,22,23,25). The van der Waals surface area contributed by atoms with E-state index in [-0.39, 0.29) is 28.5 Å². The monoisotopic (exact) mass is 455 g/mol. The Hall–Kier alpha value is -2.16. The number of thiazole rings is 1. The Balaban J connectivity index is 1.64. The fourth-order valence-electron chi connectivity index (χ4n) is 3.01. The molecule has 1 saturated heterocycles. The first-order chi connectivity index (χ1) is 13.9. The average Bonchev–Trinajstić information content (AvgIpc) is 3.18. The molecular weight excluding hydrogens is 437 g/mol. The number of anilines is 1. The summed E-state index contributed by atoms with van der Waals surface area (Å²) in [6, 6.07) is 4.54. The summed E-state index contributed by atoms with van der Waals surface area (Å²) < 4.78 is 5.07. The van der Waals surface area contributed by atoms with Gasteiger partial charge in [-0.1, -0.05) is 23.2 Å². The lowest BCUT2D eigenvalue weighted by Crippen LogP contribution is -2.43. The van der Waals surface area contributed by atoms with E-state index in [0.29, 0.717) is 41.8 Å². The van der Waals surface area contributed by atoms with E-state index < -0.39 is 5.91 Å². The van der Waals surface area contributed by atoms with E-state index in [0.717, 1.165) is 17.8 Å². The zero-order chi connectivity index (χ0) is 21.0. The first-order valence-corrected chi connectivity index (χ1v) is 10.7. The van der Waals surface area contributed by atoms with E-state index >= 15 is 0 Å². The number of carbonyl (C=O) groups is 3. The van der Waals surface area contributed by atoms with Gasteiger partial charge in [-0.15, -0.1) is 11.3 Å². The molecule has 1 aliphatic heterocycles. The number of likely N-dealkylation sites (tertiary alicyclic amines) is 1.